The zero-order valence-corrected chi connectivity index (χ0v) is 17.4. The molecule has 162 valence electrons. The number of H-pyrrole nitrogens is 1. The zero-order chi connectivity index (χ0) is 22.8. The van der Waals surface area contributed by atoms with E-state index < -0.39 is 23.9 Å². The van der Waals surface area contributed by atoms with E-state index in [0.29, 0.717) is 27.3 Å². The Morgan fingerprint density at radius 1 is 1.29 bits per heavy atom. The first-order chi connectivity index (χ1) is 14.5. The van der Waals surface area contributed by atoms with Gasteiger partial charge in [-0.3, -0.25) is 4.79 Å². The van der Waals surface area contributed by atoms with Crippen molar-refractivity contribution < 1.29 is 18.0 Å². The lowest BCUT2D eigenvalue weighted by molar-refractivity contribution is -0.137. The van der Waals surface area contributed by atoms with E-state index in [1.165, 1.54) is 12.4 Å². The van der Waals surface area contributed by atoms with E-state index in [4.69, 9.17) is 11.6 Å². The lowest BCUT2D eigenvalue weighted by Gasteiger charge is -2.25. The van der Waals surface area contributed by atoms with E-state index in [0.717, 1.165) is 0 Å². The van der Waals surface area contributed by atoms with Crippen molar-refractivity contribution in [2.75, 3.05) is 5.32 Å². The molecule has 2 N–H and O–H groups in total. The van der Waals surface area contributed by atoms with Crippen molar-refractivity contribution in [1.29, 1.82) is 5.26 Å². The number of alkyl halides is 3. The molecular formula is C20H18ClF3N6O. The molecule has 7 nitrogen and oxygen atoms in total. The Morgan fingerprint density at radius 2 is 2.03 bits per heavy atom. The summed E-state index contributed by atoms with van der Waals surface area (Å²) in [6.45, 7) is 3.08. The molecule has 0 aliphatic rings. The molecule has 0 atom stereocenters. The van der Waals surface area contributed by atoms with Crippen LogP contribution in [0.4, 0.5) is 19.1 Å². The van der Waals surface area contributed by atoms with Gasteiger partial charge in [0, 0.05) is 36.2 Å². The molecule has 11 heteroatoms. The van der Waals surface area contributed by atoms with Gasteiger partial charge in [-0.15, -0.1) is 0 Å². The molecule has 0 aliphatic carbocycles. The number of aromatic nitrogens is 4. The fourth-order valence-corrected chi connectivity index (χ4v) is 3.17. The standard InChI is InChI=1S/C20H18ClF3N6O/c1-19(2,15(31)4-3-5-20(22,23)24)30-18-28-8-11(7-25)16(29-18)14-10-27-17-13(14)6-12(21)9-26-17/h6,8-10H,3-5H2,1-2H3,(H,26,27)(H,28,29,30). The van der Waals surface area contributed by atoms with Gasteiger partial charge in [-0.25, -0.2) is 15.0 Å². The van der Waals surface area contributed by atoms with Gasteiger partial charge in [0.1, 0.15) is 11.7 Å². The quantitative estimate of drug-likeness (QED) is 0.522. The van der Waals surface area contributed by atoms with Crippen LogP contribution in [0, 0.1) is 11.3 Å². The molecule has 0 unspecified atom stereocenters. The molecule has 31 heavy (non-hydrogen) atoms. The first-order valence-electron chi connectivity index (χ1n) is 9.28. The molecule has 0 radical (unpaired) electrons. The number of hydrogen-bond donors (Lipinski definition) is 2. The van der Waals surface area contributed by atoms with Gasteiger partial charge in [0.2, 0.25) is 5.95 Å². The van der Waals surface area contributed by atoms with Crippen molar-refractivity contribution in [1.82, 2.24) is 19.9 Å². The van der Waals surface area contributed by atoms with Crippen molar-refractivity contribution >= 4 is 34.4 Å². The molecule has 0 bridgehead atoms. The minimum Gasteiger partial charge on any atom is -0.345 e. The van der Waals surface area contributed by atoms with E-state index in [1.54, 1.807) is 26.1 Å². The number of carbonyl (C=O) groups excluding carboxylic acids is 1. The third-order valence-corrected chi connectivity index (χ3v) is 4.85. The maximum Gasteiger partial charge on any atom is 0.389 e. The van der Waals surface area contributed by atoms with E-state index in [2.05, 4.69) is 25.3 Å². The number of nitrogens with one attached hydrogen (secondary N) is 2. The van der Waals surface area contributed by atoms with Crippen LogP contribution in [-0.2, 0) is 4.79 Å². The number of halogens is 4. The van der Waals surface area contributed by atoms with Gasteiger partial charge in [-0.2, -0.15) is 18.4 Å². The molecule has 0 saturated heterocycles. The van der Waals surface area contributed by atoms with Crippen molar-refractivity contribution in [3.8, 4) is 17.3 Å². The Labute approximate surface area is 180 Å². The number of anilines is 1. The highest BCUT2D eigenvalue weighted by Gasteiger charge is 2.31. The fourth-order valence-electron chi connectivity index (χ4n) is 3.01. The molecule has 0 fully saturated rings. The minimum atomic E-state index is -4.31. The molecule has 3 aromatic heterocycles. The average molecular weight is 451 g/mol. The smallest absolute Gasteiger partial charge is 0.345 e. The van der Waals surface area contributed by atoms with Crippen molar-refractivity contribution in [3.63, 3.8) is 0 Å². The van der Waals surface area contributed by atoms with Crippen LogP contribution >= 0.6 is 11.6 Å². The van der Waals surface area contributed by atoms with Crippen LogP contribution in [0.1, 0.15) is 38.7 Å². The summed E-state index contributed by atoms with van der Waals surface area (Å²) >= 11 is 6.04. The second kappa shape index (κ2) is 8.51. The van der Waals surface area contributed by atoms with Gasteiger partial charge in [0.05, 0.1) is 28.0 Å². The second-order valence-corrected chi connectivity index (χ2v) is 7.90. The maximum absolute atomic E-state index is 12.4. The summed E-state index contributed by atoms with van der Waals surface area (Å²) < 4.78 is 37.0. The monoisotopic (exact) mass is 450 g/mol. The predicted molar refractivity (Wildman–Crippen MR) is 109 cm³/mol. The Kier molecular flexibility index (Phi) is 6.18. The molecule has 0 amide bonds. The summed E-state index contributed by atoms with van der Waals surface area (Å²) in [4.78, 5) is 28.1. The molecular weight excluding hydrogens is 433 g/mol. The summed E-state index contributed by atoms with van der Waals surface area (Å²) in [7, 11) is 0. The third-order valence-electron chi connectivity index (χ3n) is 4.65. The predicted octanol–water partition coefficient (Wildman–Crippen LogP) is 5.04. The minimum absolute atomic E-state index is 0.0625. The number of pyridine rings is 1. The molecule has 0 aromatic carbocycles. The molecule has 3 rings (SSSR count). The van der Waals surface area contributed by atoms with Gasteiger partial charge in [-0.1, -0.05) is 11.6 Å². The first-order valence-corrected chi connectivity index (χ1v) is 9.66. The van der Waals surface area contributed by atoms with Crippen molar-refractivity contribution in [2.24, 2.45) is 0 Å². The first kappa shape index (κ1) is 22.5. The number of hydrogen-bond acceptors (Lipinski definition) is 6. The van der Waals surface area contributed by atoms with Gasteiger partial charge in [0.15, 0.2) is 5.78 Å². The lowest BCUT2D eigenvalue weighted by atomic mass is 9.95. The van der Waals surface area contributed by atoms with Crippen LogP contribution in [0.15, 0.2) is 24.7 Å². The maximum atomic E-state index is 12.4. The summed E-state index contributed by atoms with van der Waals surface area (Å²) in [6.07, 6.45) is -1.44. The van der Waals surface area contributed by atoms with E-state index in [1.807, 2.05) is 6.07 Å². The van der Waals surface area contributed by atoms with Gasteiger partial charge in [-0.05, 0) is 26.3 Å². The summed E-state index contributed by atoms with van der Waals surface area (Å²) in [5.74, 6) is -0.346. The second-order valence-electron chi connectivity index (χ2n) is 7.46. The SMILES string of the molecule is CC(C)(Nc1ncc(C#N)c(-c2c[nH]c3ncc(Cl)cc23)n1)C(=O)CCCC(F)(F)F. The number of nitriles is 1. The molecule has 3 heterocycles. The fraction of sp³-hybridized carbons (Fsp3) is 0.350. The van der Waals surface area contributed by atoms with Crippen molar-refractivity contribution in [2.45, 2.75) is 44.8 Å². The number of aromatic amines is 1. The van der Waals surface area contributed by atoms with Crippen LogP contribution in [0.2, 0.25) is 5.02 Å². The average Bonchev–Trinajstić information content (AvgIpc) is 3.09. The topological polar surface area (TPSA) is 107 Å². The van der Waals surface area contributed by atoms with Crippen LogP contribution in [0.3, 0.4) is 0 Å². The Bertz CT molecular complexity index is 1170. The number of nitrogens with zero attached hydrogens (tertiary/aromatic N) is 4. The number of rotatable bonds is 7. The molecule has 0 spiro atoms. The molecule has 0 saturated carbocycles. The number of carbonyl (C=O) groups is 1. The summed E-state index contributed by atoms with van der Waals surface area (Å²) in [6, 6.07) is 3.71. The van der Waals surface area contributed by atoms with Crippen LogP contribution < -0.4 is 5.32 Å². The highest BCUT2D eigenvalue weighted by molar-refractivity contribution is 6.31. The van der Waals surface area contributed by atoms with Crippen LogP contribution in [-0.4, -0.2) is 37.4 Å². The lowest BCUT2D eigenvalue weighted by Crippen LogP contribution is -2.40. The van der Waals surface area contributed by atoms with E-state index in [-0.39, 0.29) is 24.4 Å². The van der Waals surface area contributed by atoms with Gasteiger partial charge in [0.25, 0.3) is 0 Å². The highest BCUT2D eigenvalue weighted by atomic mass is 35.5. The van der Waals surface area contributed by atoms with Crippen molar-refractivity contribution in [3.05, 3.63) is 35.2 Å². The number of fused-ring (bicyclic) bond motifs is 1. The summed E-state index contributed by atoms with van der Waals surface area (Å²) in [5, 5.41) is 13.4. The van der Waals surface area contributed by atoms with Crippen LogP contribution in [0.5, 0.6) is 0 Å². The van der Waals surface area contributed by atoms with E-state index >= 15 is 0 Å². The van der Waals surface area contributed by atoms with Gasteiger partial charge >= 0.3 is 6.18 Å². The Morgan fingerprint density at radius 3 is 2.71 bits per heavy atom. The largest absolute Gasteiger partial charge is 0.389 e. The number of Topliss-reactive ketones (excluding diaryl/α,β-unsaturated/α-hetero) is 1. The normalized spacial score (nSPS) is 12.0. The molecule has 0 aliphatic heterocycles. The van der Waals surface area contributed by atoms with Gasteiger partial charge < -0.3 is 10.3 Å². The number of ketones is 1. The highest BCUT2D eigenvalue weighted by Crippen LogP contribution is 2.31. The zero-order valence-electron chi connectivity index (χ0n) is 16.6. The Hall–Kier alpha value is -3.19. The summed E-state index contributed by atoms with van der Waals surface area (Å²) in [5.41, 5.74) is 0.413. The van der Waals surface area contributed by atoms with Crippen LogP contribution in [0.25, 0.3) is 22.3 Å². The Balaban J connectivity index is 1.87. The molecule has 3 aromatic rings. The van der Waals surface area contributed by atoms with E-state index in [9.17, 15) is 23.2 Å². The third kappa shape index (κ3) is 5.30.